The van der Waals surface area contributed by atoms with Crippen molar-refractivity contribution in [3.63, 3.8) is 0 Å². The molecule has 0 aromatic heterocycles. The van der Waals surface area contributed by atoms with Gasteiger partial charge in [0.2, 0.25) is 11.8 Å². The topological polar surface area (TPSA) is 58.6 Å². The van der Waals surface area contributed by atoms with Gasteiger partial charge >= 0.3 is 0 Å². The molecule has 0 radical (unpaired) electrons. The molecule has 2 heterocycles. The van der Waals surface area contributed by atoms with E-state index in [4.69, 9.17) is 4.74 Å². The van der Waals surface area contributed by atoms with Crippen LogP contribution in [0, 0.1) is 0 Å². The molecule has 0 bridgehead atoms. The van der Waals surface area contributed by atoms with Gasteiger partial charge in [0.15, 0.2) is 0 Å². The fraction of sp³-hybridized carbons (Fsp3) is 0.300. The van der Waals surface area contributed by atoms with Crippen molar-refractivity contribution in [3.8, 4) is 11.5 Å². The molecule has 4 rings (SSSR count). The zero-order valence-corrected chi connectivity index (χ0v) is 15.3. The Morgan fingerprint density at radius 2 is 1.85 bits per heavy atom. The molecular formula is C20H20N2O3S. The molecule has 2 aromatic rings. The summed E-state index contributed by atoms with van der Waals surface area (Å²) in [5.41, 5.74) is 0.695. The predicted molar refractivity (Wildman–Crippen MR) is 102 cm³/mol. The van der Waals surface area contributed by atoms with Gasteiger partial charge in [-0.2, -0.15) is 0 Å². The summed E-state index contributed by atoms with van der Waals surface area (Å²) in [6.45, 7) is 2.05. The highest BCUT2D eigenvalue weighted by molar-refractivity contribution is 8.01. The first-order valence-electron chi connectivity index (χ1n) is 8.65. The molecule has 0 unspecified atom stereocenters. The molecule has 6 heteroatoms. The first kappa shape index (κ1) is 17.0. The molecule has 0 spiro atoms. The summed E-state index contributed by atoms with van der Waals surface area (Å²) in [7, 11) is 0. The minimum absolute atomic E-state index is 0.0734. The molecule has 134 valence electrons. The average Bonchev–Trinajstić information content (AvgIpc) is 3.14. The Bertz CT molecular complexity index is 825. The lowest BCUT2D eigenvalue weighted by molar-refractivity contribution is -0.135. The summed E-state index contributed by atoms with van der Waals surface area (Å²) in [5.74, 6) is 2.05. The van der Waals surface area contributed by atoms with Gasteiger partial charge in [-0.05, 0) is 49.7 Å². The summed E-state index contributed by atoms with van der Waals surface area (Å²) < 4.78 is 5.75. The smallest absolute Gasteiger partial charge is 0.248 e. The van der Waals surface area contributed by atoms with Crippen LogP contribution in [0.15, 0.2) is 54.6 Å². The number of anilines is 1. The van der Waals surface area contributed by atoms with Gasteiger partial charge in [0.05, 0.1) is 4.87 Å². The number of para-hydroxylation sites is 1. The first-order valence-corrected chi connectivity index (χ1v) is 9.64. The van der Waals surface area contributed by atoms with Crippen molar-refractivity contribution >= 4 is 29.3 Å². The highest BCUT2D eigenvalue weighted by Gasteiger charge is 2.52. The number of thioether (sulfide) groups is 1. The highest BCUT2D eigenvalue weighted by Crippen LogP contribution is 2.47. The second-order valence-corrected chi connectivity index (χ2v) is 8.20. The van der Waals surface area contributed by atoms with E-state index in [2.05, 4.69) is 5.32 Å². The van der Waals surface area contributed by atoms with Crippen molar-refractivity contribution < 1.29 is 14.3 Å². The molecule has 2 fully saturated rings. The number of nitrogens with one attached hydrogen (secondary N) is 1. The van der Waals surface area contributed by atoms with E-state index >= 15 is 0 Å². The van der Waals surface area contributed by atoms with Crippen LogP contribution in [0.1, 0.15) is 19.8 Å². The fourth-order valence-corrected chi connectivity index (χ4v) is 4.90. The Morgan fingerprint density at radius 1 is 1.15 bits per heavy atom. The van der Waals surface area contributed by atoms with E-state index < -0.39 is 6.04 Å². The minimum Gasteiger partial charge on any atom is -0.457 e. The molecule has 26 heavy (non-hydrogen) atoms. The standard InChI is InChI=1S/C20H20N2O3S/c1-20-12-11-18(23)22(20)17(13-26-20)19(24)21-14-7-9-16(10-8-14)25-15-5-3-2-4-6-15/h2-10,17H,11-13H2,1H3,(H,21,24)/t17-,20+/m1/s1. The molecule has 2 amide bonds. The fourth-order valence-electron chi connectivity index (χ4n) is 3.47. The van der Waals surface area contributed by atoms with Gasteiger partial charge in [-0.1, -0.05) is 18.2 Å². The van der Waals surface area contributed by atoms with Crippen molar-refractivity contribution in [3.05, 3.63) is 54.6 Å². The predicted octanol–water partition coefficient (Wildman–Crippen LogP) is 3.87. The van der Waals surface area contributed by atoms with Gasteiger partial charge in [0, 0.05) is 17.9 Å². The van der Waals surface area contributed by atoms with Gasteiger partial charge in [0.25, 0.3) is 0 Å². The molecule has 2 aromatic carbocycles. The average molecular weight is 368 g/mol. The van der Waals surface area contributed by atoms with Gasteiger partial charge < -0.3 is 15.0 Å². The third-order valence-electron chi connectivity index (χ3n) is 4.85. The van der Waals surface area contributed by atoms with Crippen LogP contribution < -0.4 is 10.1 Å². The molecule has 2 aliphatic rings. The Labute approximate surface area is 156 Å². The number of nitrogens with zero attached hydrogens (tertiary/aromatic N) is 1. The van der Waals surface area contributed by atoms with E-state index in [0.717, 1.165) is 12.2 Å². The second-order valence-electron chi connectivity index (χ2n) is 6.69. The molecule has 2 aliphatic heterocycles. The number of carbonyl (C=O) groups excluding carboxylic acids is 2. The maximum Gasteiger partial charge on any atom is 0.248 e. The van der Waals surface area contributed by atoms with Gasteiger partial charge in [-0.3, -0.25) is 9.59 Å². The Kier molecular flexibility index (Phi) is 4.36. The molecule has 2 atom stereocenters. The van der Waals surface area contributed by atoms with Crippen molar-refractivity contribution in [2.45, 2.75) is 30.7 Å². The number of fused-ring (bicyclic) bond motifs is 1. The Morgan fingerprint density at radius 3 is 2.58 bits per heavy atom. The summed E-state index contributed by atoms with van der Waals surface area (Å²) >= 11 is 1.69. The SMILES string of the molecule is C[C@]12CCC(=O)N1[C@@H](C(=O)Nc1ccc(Oc3ccccc3)cc1)CS2. The van der Waals surface area contributed by atoms with Crippen LogP contribution in [-0.4, -0.2) is 33.4 Å². The number of ether oxygens (including phenoxy) is 1. The van der Waals surface area contributed by atoms with Crippen LogP contribution in [0.2, 0.25) is 0 Å². The molecule has 5 nitrogen and oxygen atoms in total. The van der Waals surface area contributed by atoms with E-state index in [9.17, 15) is 9.59 Å². The molecule has 1 N–H and O–H groups in total. The van der Waals surface area contributed by atoms with Crippen molar-refractivity contribution in [1.29, 1.82) is 0 Å². The van der Waals surface area contributed by atoms with E-state index in [1.807, 2.05) is 61.5 Å². The van der Waals surface area contributed by atoms with Gasteiger partial charge in [-0.15, -0.1) is 11.8 Å². The van der Waals surface area contributed by atoms with E-state index in [0.29, 0.717) is 23.6 Å². The van der Waals surface area contributed by atoms with Crippen molar-refractivity contribution in [2.24, 2.45) is 0 Å². The molecule has 2 saturated heterocycles. The highest BCUT2D eigenvalue weighted by atomic mass is 32.2. The molecular weight excluding hydrogens is 348 g/mol. The van der Waals surface area contributed by atoms with Crippen LogP contribution in [0.4, 0.5) is 5.69 Å². The van der Waals surface area contributed by atoms with Crippen LogP contribution in [0.3, 0.4) is 0 Å². The van der Waals surface area contributed by atoms with E-state index in [-0.39, 0.29) is 16.7 Å². The van der Waals surface area contributed by atoms with E-state index in [1.54, 1.807) is 16.7 Å². The lowest BCUT2D eigenvalue weighted by Gasteiger charge is -2.29. The van der Waals surface area contributed by atoms with Crippen LogP contribution in [0.25, 0.3) is 0 Å². The normalized spacial score (nSPS) is 24.4. The minimum atomic E-state index is -0.403. The maximum atomic E-state index is 12.7. The van der Waals surface area contributed by atoms with Gasteiger partial charge in [0.1, 0.15) is 17.5 Å². The number of rotatable bonds is 4. The zero-order valence-electron chi connectivity index (χ0n) is 14.5. The summed E-state index contributed by atoms with van der Waals surface area (Å²) in [4.78, 5) is 26.4. The molecule has 0 aliphatic carbocycles. The lowest BCUT2D eigenvalue weighted by Crippen LogP contribution is -2.48. The summed E-state index contributed by atoms with van der Waals surface area (Å²) in [6.07, 6.45) is 1.34. The maximum absolute atomic E-state index is 12.7. The second kappa shape index (κ2) is 6.68. The third kappa shape index (κ3) is 3.17. The van der Waals surface area contributed by atoms with Crippen molar-refractivity contribution in [1.82, 2.24) is 4.90 Å². The Balaban J connectivity index is 1.41. The van der Waals surface area contributed by atoms with Gasteiger partial charge in [-0.25, -0.2) is 0 Å². The summed E-state index contributed by atoms with van der Waals surface area (Å²) in [6, 6.07) is 16.4. The van der Waals surface area contributed by atoms with E-state index in [1.165, 1.54) is 0 Å². The third-order valence-corrected chi connectivity index (χ3v) is 6.35. The Hall–Kier alpha value is -2.47. The quantitative estimate of drug-likeness (QED) is 0.890. The number of carbonyl (C=O) groups is 2. The number of hydrogen-bond donors (Lipinski definition) is 1. The van der Waals surface area contributed by atoms with Crippen LogP contribution in [0.5, 0.6) is 11.5 Å². The number of amides is 2. The van der Waals surface area contributed by atoms with Crippen LogP contribution in [-0.2, 0) is 9.59 Å². The lowest BCUT2D eigenvalue weighted by atomic mass is 10.2. The largest absolute Gasteiger partial charge is 0.457 e. The first-order chi connectivity index (χ1) is 12.5. The monoisotopic (exact) mass is 368 g/mol. The van der Waals surface area contributed by atoms with Crippen LogP contribution >= 0.6 is 11.8 Å². The number of benzene rings is 2. The zero-order chi connectivity index (χ0) is 18.1. The van der Waals surface area contributed by atoms with Crippen molar-refractivity contribution in [2.75, 3.05) is 11.1 Å². The number of hydrogen-bond acceptors (Lipinski definition) is 4. The summed E-state index contributed by atoms with van der Waals surface area (Å²) in [5, 5.41) is 2.92. The molecule has 0 saturated carbocycles.